The van der Waals surface area contributed by atoms with Gasteiger partial charge in [0.15, 0.2) is 0 Å². The summed E-state index contributed by atoms with van der Waals surface area (Å²) in [5.41, 5.74) is 1.41. The van der Waals surface area contributed by atoms with Crippen molar-refractivity contribution in [1.29, 1.82) is 0 Å². The van der Waals surface area contributed by atoms with Crippen molar-refractivity contribution in [2.24, 2.45) is 17.8 Å². The molecule has 2 aliphatic rings. The number of benzene rings is 1. The Balaban J connectivity index is 1.51. The molecule has 1 heteroatoms. The molecule has 0 amide bonds. The topological polar surface area (TPSA) is 12.0 Å². The van der Waals surface area contributed by atoms with Crippen LogP contribution in [-0.4, -0.2) is 6.54 Å². The van der Waals surface area contributed by atoms with Crippen LogP contribution in [0.5, 0.6) is 0 Å². The summed E-state index contributed by atoms with van der Waals surface area (Å²) >= 11 is 0. The van der Waals surface area contributed by atoms with Gasteiger partial charge in [-0.1, -0.05) is 36.8 Å². The lowest BCUT2D eigenvalue weighted by molar-refractivity contribution is 0.309. The van der Waals surface area contributed by atoms with Crippen LogP contribution in [0, 0.1) is 17.8 Å². The molecule has 92 valence electrons. The smallest absolute Gasteiger partial charge is 0.0291 e. The zero-order chi connectivity index (χ0) is 11.7. The maximum Gasteiger partial charge on any atom is 0.0291 e. The molecule has 0 saturated heterocycles. The van der Waals surface area contributed by atoms with Crippen LogP contribution >= 0.6 is 0 Å². The first kappa shape index (κ1) is 11.3. The van der Waals surface area contributed by atoms with Crippen molar-refractivity contribution in [1.82, 2.24) is 5.32 Å². The Bertz CT molecular complexity index is 359. The molecule has 3 rings (SSSR count). The van der Waals surface area contributed by atoms with Crippen molar-refractivity contribution in [3.63, 3.8) is 0 Å². The van der Waals surface area contributed by atoms with Crippen LogP contribution in [0.2, 0.25) is 0 Å². The fourth-order valence-corrected chi connectivity index (χ4v) is 3.81. The van der Waals surface area contributed by atoms with Crippen molar-refractivity contribution in [2.45, 2.75) is 38.6 Å². The van der Waals surface area contributed by atoms with Gasteiger partial charge in [0.25, 0.3) is 0 Å². The predicted octanol–water partition coefficient (Wildman–Crippen LogP) is 3.77. The van der Waals surface area contributed by atoms with Crippen LogP contribution in [0.3, 0.4) is 0 Å². The normalized spacial score (nSPS) is 32.9. The second kappa shape index (κ2) is 4.81. The van der Waals surface area contributed by atoms with E-state index in [2.05, 4.69) is 42.6 Å². The molecule has 0 heterocycles. The molecule has 1 nitrogen and oxygen atoms in total. The summed E-state index contributed by atoms with van der Waals surface area (Å²) in [7, 11) is 0. The Morgan fingerprint density at radius 1 is 1.18 bits per heavy atom. The van der Waals surface area contributed by atoms with Gasteiger partial charge in [-0.05, 0) is 56.0 Å². The molecule has 0 spiro atoms. The van der Waals surface area contributed by atoms with Gasteiger partial charge in [-0.25, -0.2) is 0 Å². The first-order valence-electron chi connectivity index (χ1n) is 7.11. The van der Waals surface area contributed by atoms with Gasteiger partial charge in [-0.15, -0.1) is 0 Å². The average Bonchev–Trinajstić information content (AvgIpc) is 2.99. The zero-order valence-corrected chi connectivity index (χ0v) is 10.7. The minimum Gasteiger partial charge on any atom is -0.310 e. The molecule has 0 aliphatic heterocycles. The molecule has 4 atom stereocenters. The van der Waals surface area contributed by atoms with Gasteiger partial charge >= 0.3 is 0 Å². The second-order valence-corrected chi connectivity index (χ2v) is 5.98. The van der Waals surface area contributed by atoms with E-state index in [1.807, 2.05) is 0 Å². The summed E-state index contributed by atoms with van der Waals surface area (Å²) in [6.45, 7) is 3.50. The highest BCUT2D eigenvalue weighted by molar-refractivity contribution is 5.18. The largest absolute Gasteiger partial charge is 0.310 e. The summed E-state index contributed by atoms with van der Waals surface area (Å²) < 4.78 is 0. The molecule has 1 aromatic rings. The highest BCUT2D eigenvalue weighted by Crippen LogP contribution is 2.48. The SMILES string of the molecule is CC(NCC1CC2CCC1C2)c1ccccc1. The van der Waals surface area contributed by atoms with Gasteiger partial charge in [0.05, 0.1) is 0 Å². The van der Waals surface area contributed by atoms with Gasteiger partial charge in [0.1, 0.15) is 0 Å². The highest BCUT2D eigenvalue weighted by atomic mass is 14.9. The van der Waals surface area contributed by atoms with Crippen LogP contribution < -0.4 is 5.32 Å². The van der Waals surface area contributed by atoms with E-state index in [9.17, 15) is 0 Å². The van der Waals surface area contributed by atoms with E-state index in [-0.39, 0.29) is 0 Å². The zero-order valence-electron chi connectivity index (χ0n) is 10.7. The van der Waals surface area contributed by atoms with Crippen LogP contribution in [0.15, 0.2) is 30.3 Å². The van der Waals surface area contributed by atoms with Gasteiger partial charge < -0.3 is 5.32 Å². The molecule has 2 fully saturated rings. The lowest BCUT2D eigenvalue weighted by atomic mass is 9.88. The Hall–Kier alpha value is -0.820. The molecule has 1 N–H and O–H groups in total. The Kier molecular flexibility index (Phi) is 3.19. The van der Waals surface area contributed by atoms with E-state index in [1.165, 1.54) is 37.8 Å². The predicted molar refractivity (Wildman–Crippen MR) is 71.8 cm³/mol. The van der Waals surface area contributed by atoms with E-state index in [1.54, 1.807) is 0 Å². The third kappa shape index (κ3) is 2.40. The first-order valence-corrected chi connectivity index (χ1v) is 7.11. The molecule has 4 unspecified atom stereocenters. The molecular weight excluding hydrogens is 206 g/mol. The van der Waals surface area contributed by atoms with Crippen LogP contribution in [-0.2, 0) is 0 Å². The Labute approximate surface area is 105 Å². The van der Waals surface area contributed by atoms with Gasteiger partial charge in [-0.2, -0.15) is 0 Å². The minimum absolute atomic E-state index is 0.496. The lowest BCUT2D eigenvalue weighted by Gasteiger charge is -2.24. The minimum atomic E-state index is 0.496. The Morgan fingerprint density at radius 2 is 2.00 bits per heavy atom. The third-order valence-electron chi connectivity index (χ3n) is 4.87. The van der Waals surface area contributed by atoms with Gasteiger partial charge in [-0.3, -0.25) is 0 Å². The van der Waals surface area contributed by atoms with E-state index in [0.29, 0.717) is 6.04 Å². The fraction of sp³-hybridized carbons (Fsp3) is 0.625. The van der Waals surface area contributed by atoms with Crippen molar-refractivity contribution in [2.75, 3.05) is 6.54 Å². The summed E-state index contributed by atoms with van der Waals surface area (Å²) in [5, 5.41) is 3.73. The highest BCUT2D eigenvalue weighted by Gasteiger charge is 2.39. The first-order chi connectivity index (χ1) is 8.33. The van der Waals surface area contributed by atoms with E-state index < -0.39 is 0 Å². The fourth-order valence-electron chi connectivity index (χ4n) is 3.81. The van der Waals surface area contributed by atoms with Crippen molar-refractivity contribution >= 4 is 0 Å². The summed E-state index contributed by atoms with van der Waals surface area (Å²) in [6.07, 6.45) is 6.01. The van der Waals surface area contributed by atoms with Crippen molar-refractivity contribution in [3.05, 3.63) is 35.9 Å². The molecule has 0 aromatic heterocycles. The van der Waals surface area contributed by atoms with Crippen LogP contribution in [0.25, 0.3) is 0 Å². The molecule has 1 aromatic carbocycles. The van der Waals surface area contributed by atoms with Crippen molar-refractivity contribution < 1.29 is 0 Å². The van der Waals surface area contributed by atoms with Crippen LogP contribution in [0.4, 0.5) is 0 Å². The number of hydrogen-bond donors (Lipinski definition) is 1. The number of nitrogens with one attached hydrogen (secondary N) is 1. The van der Waals surface area contributed by atoms with Gasteiger partial charge in [0.2, 0.25) is 0 Å². The standard InChI is InChI=1S/C16H23N/c1-12(14-5-3-2-4-6-14)17-11-16-10-13-7-8-15(16)9-13/h2-6,12-13,15-17H,7-11H2,1H3. The molecule has 2 saturated carbocycles. The van der Waals surface area contributed by atoms with E-state index in [4.69, 9.17) is 0 Å². The molecule has 17 heavy (non-hydrogen) atoms. The van der Waals surface area contributed by atoms with Crippen LogP contribution in [0.1, 0.15) is 44.2 Å². The van der Waals surface area contributed by atoms with Crippen molar-refractivity contribution in [3.8, 4) is 0 Å². The van der Waals surface area contributed by atoms with E-state index >= 15 is 0 Å². The number of fused-ring (bicyclic) bond motifs is 2. The van der Waals surface area contributed by atoms with Gasteiger partial charge in [0, 0.05) is 6.04 Å². The summed E-state index contributed by atoms with van der Waals surface area (Å²) in [4.78, 5) is 0. The lowest BCUT2D eigenvalue weighted by Crippen LogP contribution is -2.28. The summed E-state index contributed by atoms with van der Waals surface area (Å²) in [6, 6.07) is 11.3. The molecule has 2 aliphatic carbocycles. The maximum atomic E-state index is 3.73. The quantitative estimate of drug-likeness (QED) is 0.828. The maximum absolute atomic E-state index is 3.73. The number of rotatable bonds is 4. The summed E-state index contributed by atoms with van der Waals surface area (Å²) in [5.74, 6) is 3.06. The average molecular weight is 229 g/mol. The second-order valence-electron chi connectivity index (χ2n) is 5.98. The third-order valence-corrected chi connectivity index (χ3v) is 4.87. The molecule has 2 bridgehead atoms. The molecule has 0 radical (unpaired) electrons. The molecular formula is C16H23N. The number of hydrogen-bond acceptors (Lipinski definition) is 1. The van der Waals surface area contributed by atoms with E-state index in [0.717, 1.165) is 17.8 Å². The monoisotopic (exact) mass is 229 g/mol. The Morgan fingerprint density at radius 3 is 2.65 bits per heavy atom.